The number of amides is 1. The Hall–Kier alpha value is -3.61. The molecule has 0 aliphatic carbocycles. The molecule has 0 aliphatic rings. The average Bonchev–Trinajstić information content (AvgIpc) is 2.69. The fraction of sp³-hybridized carbons (Fsp3) is 0.150. The van der Waals surface area contributed by atoms with Gasteiger partial charge in [-0.3, -0.25) is 9.59 Å². The first-order valence-electron chi connectivity index (χ1n) is 8.38. The number of carbonyl (C=O) groups excluding carboxylic acids is 1. The fourth-order valence-corrected chi connectivity index (χ4v) is 2.52. The van der Waals surface area contributed by atoms with Crippen LogP contribution >= 0.6 is 0 Å². The molecule has 0 atom stereocenters. The molecule has 2 aromatic carbocycles. The van der Waals surface area contributed by atoms with Crippen LogP contribution in [-0.2, 0) is 0 Å². The number of H-pyrrole nitrogens is 1. The maximum absolute atomic E-state index is 12.2. The second-order valence-electron chi connectivity index (χ2n) is 5.66. The molecule has 0 radical (unpaired) electrons. The minimum absolute atomic E-state index is 0.297. The van der Waals surface area contributed by atoms with Crippen molar-refractivity contribution >= 4 is 23.0 Å². The number of carbonyl (C=O) groups is 1. The molecule has 0 bridgehead atoms. The number of benzene rings is 2. The van der Waals surface area contributed by atoms with Crippen LogP contribution in [-0.4, -0.2) is 30.8 Å². The van der Waals surface area contributed by atoms with Crippen molar-refractivity contribution in [2.24, 2.45) is 5.10 Å². The van der Waals surface area contributed by atoms with Crippen LogP contribution in [0.3, 0.4) is 0 Å². The molecule has 1 amide bonds. The second kappa shape index (κ2) is 8.18. The van der Waals surface area contributed by atoms with Gasteiger partial charge in [0, 0.05) is 16.5 Å². The largest absolute Gasteiger partial charge is 0.497 e. The predicted octanol–water partition coefficient (Wildman–Crippen LogP) is 2.70. The molecule has 3 aromatic rings. The van der Waals surface area contributed by atoms with E-state index >= 15 is 0 Å². The van der Waals surface area contributed by atoms with Crippen LogP contribution < -0.4 is 20.5 Å². The number of nitrogens with zero attached hydrogens (tertiary/aromatic N) is 1. The summed E-state index contributed by atoms with van der Waals surface area (Å²) in [6.07, 6.45) is 1.31. The Bertz CT molecular complexity index is 1040. The lowest BCUT2D eigenvalue weighted by molar-refractivity contribution is 0.0955. The number of hydrazone groups is 1. The van der Waals surface area contributed by atoms with Gasteiger partial charge in [0.15, 0.2) is 0 Å². The van der Waals surface area contributed by atoms with Gasteiger partial charge in [0.05, 0.1) is 25.5 Å². The lowest BCUT2D eigenvalue weighted by Gasteiger charge is -2.05. The van der Waals surface area contributed by atoms with E-state index in [2.05, 4.69) is 15.5 Å². The first kappa shape index (κ1) is 18.2. The van der Waals surface area contributed by atoms with Gasteiger partial charge in [0.2, 0.25) is 0 Å². The van der Waals surface area contributed by atoms with Crippen LogP contribution in [0.15, 0.2) is 58.4 Å². The summed E-state index contributed by atoms with van der Waals surface area (Å²) < 4.78 is 10.5. The summed E-state index contributed by atoms with van der Waals surface area (Å²) >= 11 is 0. The highest BCUT2D eigenvalue weighted by atomic mass is 16.5. The number of hydrogen-bond donors (Lipinski definition) is 2. The number of pyridine rings is 1. The van der Waals surface area contributed by atoms with E-state index in [0.29, 0.717) is 34.7 Å². The number of fused-ring (bicyclic) bond motifs is 1. The molecule has 7 nitrogen and oxygen atoms in total. The van der Waals surface area contributed by atoms with Gasteiger partial charge in [0.25, 0.3) is 11.5 Å². The van der Waals surface area contributed by atoms with E-state index in [1.165, 1.54) is 6.21 Å². The predicted molar refractivity (Wildman–Crippen MR) is 104 cm³/mol. The maximum Gasteiger partial charge on any atom is 0.271 e. The number of rotatable bonds is 6. The quantitative estimate of drug-likeness (QED) is 0.519. The molecule has 2 N–H and O–H groups in total. The van der Waals surface area contributed by atoms with E-state index in [9.17, 15) is 9.59 Å². The molecular formula is C20H19N3O4. The highest BCUT2D eigenvalue weighted by Crippen LogP contribution is 2.18. The Morgan fingerprint density at radius 3 is 2.59 bits per heavy atom. The fourth-order valence-electron chi connectivity index (χ4n) is 2.52. The molecule has 0 aliphatic heterocycles. The zero-order chi connectivity index (χ0) is 19.2. The summed E-state index contributed by atoms with van der Waals surface area (Å²) in [6, 6.07) is 13.7. The first-order valence-corrected chi connectivity index (χ1v) is 8.38. The van der Waals surface area contributed by atoms with E-state index in [0.717, 1.165) is 5.39 Å². The Kier molecular flexibility index (Phi) is 5.51. The SMILES string of the molecule is CCOc1ccc2[nH]c(=O)c(/C=N/NC(=O)c3ccc(OC)cc3)cc2c1. The van der Waals surface area contributed by atoms with Gasteiger partial charge in [-0.1, -0.05) is 0 Å². The van der Waals surface area contributed by atoms with E-state index in [1.54, 1.807) is 49.6 Å². The van der Waals surface area contributed by atoms with E-state index in [4.69, 9.17) is 9.47 Å². The standard InChI is InChI=1S/C20H19N3O4/c1-3-27-17-8-9-18-14(11-17)10-15(19(24)22-18)12-21-23-20(25)13-4-6-16(26-2)7-5-13/h4-12H,3H2,1-2H3,(H,22,24)(H,23,25)/b21-12+. The van der Waals surface area contributed by atoms with Crippen LogP contribution in [0.4, 0.5) is 0 Å². The molecule has 7 heteroatoms. The summed E-state index contributed by atoms with van der Waals surface area (Å²) in [5.74, 6) is 0.988. The van der Waals surface area contributed by atoms with Crippen molar-refractivity contribution in [1.29, 1.82) is 0 Å². The Morgan fingerprint density at radius 1 is 1.15 bits per heavy atom. The van der Waals surface area contributed by atoms with Crippen LogP contribution in [0.2, 0.25) is 0 Å². The summed E-state index contributed by atoms with van der Waals surface area (Å²) in [5.41, 5.74) is 3.56. The molecule has 27 heavy (non-hydrogen) atoms. The Balaban J connectivity index is 1.77. The summed E-state index contributed by atoms with van der Waals surface area (Å²) in [5, 5.41) is 4.69. The highest BCUT2D eigenvalue weighted by Gasteiger charge is 2.05. The Labute approximate surface area is 155 Å². The third kappa shape index (κ3) is 4.33. The second-order valence-corrected chi connectivity index (χ2v) is 5.66. The molecular weight excluding hydrogens is 346 g/mol. The van der Waals surface area contributed by atoms with Crippen molar-refractivity contribution in [1.82, 2.24) is 10.4 Å². The normalized spacial score (nSPS) is 10.9. The summed E-state index contributed by atoms with van der Waals surface area (Å²) in [4.78, 5) is 27.0. The van der Waals surface area contributed by atoms with Crippen molar-refractivity contribution in [3.8, 4) is 11.5 Å². The molecule has 3 rings (SSSR count). The highest BCUT2D eigenvalue weighted by molar-refractivity contribution is 5.95. The van der Waals surface area contributed by atoms with Crippen molar-refractivity contribution in [2.75, 3.05) is 13.7 Å². The number of methoxy groups -OCH3 is 1. The molecule has 1 heterocycles. The molecule has 0 unspecified atom stereocenters. The lowest BCUT2D eigenvalue weighted by Crippen LogP contribution is -2.19. The monoisotopic (exact) mass is 365 g/mol. The topological polar surface area (TPSA) is 92.8 Å². The number of aromatic amines is 1. The molecule has 0 saturated heterocycles. The minimum Gasteiger partial charge on any atom is -0.497 e. The third-order valence-corrected chi connectivity index (χ3v) is 3.88. The van der Waals surface area contributed by atoms with Crippen LogP contribution in [0.25, 0.3) is 10.9 Å². The smallest absolute Gasteiger partial charge is 0.271 e. The summed E-state index contributed by atoms with van der Waals surface area (Å²) in [6.45, 7) is 2.46. The number of aromatic nitrogens is 1. The Morgan fingerprint density at radius 2 is 1.89 bits per heavy atom. The van der Waals surface area contributed by atoms with E-state index in [-0.39, 0.29) is 11.5 Å². The number of nitrogens with one attached hydrogen (secondary N) is 2. The number of ether oxygens (including phenoxy) is 2. The van der Waals surface area contributed by atoms with Crippen molar-refractivity contribution in [2.45, 2.75) is 6.92 Å². The average molecular weight is 365 g/mol. The van der Waals surface area contributed by atoms with Gasteiger partial charge in [-0.25, -0.2) is 5.43 Å². The molecule has 0 spiro atoms. The summed E-state index contributed by atoms with van der Waals surface area (Å²) in [7, 11) is 1.55. The van der Waals surface area contributed by atoms with Gasteiger partial charge >= 0.3 is 0 Å². The van der Waals surface area contributed by atoms with Crippen molar-refractivity contribution < 1.29 is 14.3 Å². The minimum atomic E-state index is -0.384. The lowest BCUT2D eigenvalue weighted by atomic mass is 10.1. The molecule has 138 valence electrons. The molecule has 0 saturated carbocycles. The molecule has 0 fully saturated rings. The van der Waals surface area contributed by atoms with Gasteiger partial charge in [-0.15, -0.1) is 0 Å². The maximum atomic E-state index is 12.2. The zero-order valence-electron chi connectivity index (χ0n) is 15.0. The van der Waals surface area contributed by atoms with Crippen LogP contribution in [0, 0.1) is 0 Å². The van der Waals surface area contributed by atoms with Gasteiger partial charge in [-0.05, 0) is 55.5 Å². The first-order chi connectivity index (χ1) is 13.1. The van der Waals surface area contributed by atoms with Gasteiger partial charge in [-0.2, -0.15) is 5.10 Å². The molecule has 1 aromatic heterocycles. The number of hydrogen-bond acceptors (Lipinski definition) is 5. The van der Waals surface area contributed by atoms with Crippen LogP contribution in [0.5, 0.6) is 11.5 Å². The van der Waals surface area contributed by atoms with Crippen molar-refractivity contribution in [3.63, 3.8) is 0 Å². The van der Waals surface area contributed by atoms with Crippen LogP contribution in [0.1, 0.15) is 22.8 Å². The van der Waals surface area contributed by atoms with E-state index < -0.39 is 0 Å². The van der Waals surface area contributed by atoms with Crippen molar-refractivity contribution in [3.05, 3.63) is 70.0 Å². The van der Waals surface area contributed by atoms with E-state index in [1.807, 2.05) is 13.0 Å². The van der Waals surface area contributed by atoms with Gasteiger partial charge < -0.3 is 14.5 Å². The zero-order valence-corrected chi connectivity index (χ0v) is 15.0. The van der Waals surface area contributed by atoms with Gasteiger partial charge in [0.1, 0.15) is 11.5 Å². The third-order valence-electron chi connectivity index (χ3n) is 3.88.